The predicted molar refractivity (Wildman–Crippen MR) is 179 cm³/mol. The van der Waals surface area contributed by atoms with Gasteiger partial charge in [0.1, 0.15) is 0 Å². The minimum atomic E-state index is 0. The van der Waals surface area contributed by atoms with Crippen molar-refractivity contribution in [1.82, 2.24) is 15.0 Å². The van der Waals surface area contributed by atoms with Gasteiger partial charge in [-0.2, -0.15) is 0 Å². The number of rotatable bonds is 6. The topological polar surface area (TPSA) is 145 Å². The van der Waals surface area contributed by atoms with E-state index < -0.39 is 0 Å². The van der Waals surface area contributed by atoms with Crippen molar-refractivity contribution in [2.75, 3.05) is 0 Å². The van der Waals surface area contributed by atoms with Gasteiger partial charge in [0.05, 0.1) is 34.2 Å². The summed E-state index contributed by atoms with van der Waals surface area (Å²) in [4.78, 5) is 12.3. The van der Waals surface area contributed by atoms with Crippen molar-refractivity contribution in [3.8, 4) is 0 Å². The molecule has 6 aromatic rings. The zero-order valence-corrected chi connectivity index (χ0v) is 27.6. The Kier molecular flexibility index (Phi) is 15.4. The summed E-state index contributed by atoms with van der Waals surface area (Å²) in [5.41, 5.74) is 5.25. The fraction of sp³-hybridized carbons (Fsp3) is 0. The first-order valence-electron chi connectivity index (χ1n) is 13.8. The van der Waals surface area contributed by atoms with Crippen LogP contribution < -0.4 is 0 Å². The zero-order chi connectivity index (χ0) is 31.5. The molecule has 3 aromatic heterocycles. The van der Waals surface area contributed by atoms with Crippen LogP contribution in [0.4, 0.5) is 0 Å². The Morgan fingerprint density at radius 2 is 0.587 bits per heavy atom. The summed E-state index contributed by atoms with van der Waals surface area (Å²) in [6.07, 6.45) is 4.93. The molecule has 3 aromatic carbocycles. The van der Waals surface area contributed by atoms with Gasteiger partial charge in [0, 0.05) is 35.3 Å². The van der Waals surface area contributed by atoms with Crippen LogP contribution in [-0.2, 0) is 0 Å². The quantitative estimate of drug-likeness (QED) is 0.130. The van der Waals surface area contributed by atoms with Crippen LogP contribution in [0.5, 0.6) is 0 Å². The van der Waals surface area contributed by atoms with Crippen LogP contribution in [0, 0.1) is 57.4 Å². The molecule has 0 fully saturated rings. The summed E-state index contributed by atoms with van der Waals surface area (Å²) in [6, 6.07) is 44.1. The Balaban J connectivity index is 0.000000186. The van der Waals surface area contributed by atoms with Gasteiger partial charge in [-0.3, -0.25) is 15.0 Å². The van der Waals surface area contributed by atoms with Gasteiger partial charge in [0.25, 0.3) is 0 Å². The second-order valence-electron chi connectivity index (χ2n) is 9.06. The van der Waals surface area contributed by atoms with Gasteiger partial charge >= 0.3 is 41.7 Å². The minimum absolute atomic E-state index is 0. The Bertz CT molecular complexity index is 1450. The maximum atomic E-state index is 10.8. The molecule has 10 heteroatoms. The van der Waals surface area contributed by atoms with Crippen LogP contribution in [0.1, 0.15) is 33.8 Å². The van der Waals surface area contributed by atoms with E-state index in [0.29, 0.717) is 34.2 Å². The van der Waals surface area contributed by atoms with Crippen molar-refractivity contribution in [2.24, 2.45) is 15.5 Å². The molecule has 6 rings (SSSR count). The van der Waals surface area contributed by atoms with Gasteiger partial charge in [-0.25, -0.2) is 0 Å². The standard InChI is InChI=1S/3C12H10N2O.Ce/c3*15-14-12(10-6-2-1-3-7-10)11-8-4-5-9-13-11;/h3*1-9,15H;/q;;;+3/p-3. The molecular formula is C36H27CeN6O3. The molecule has 3 heterocycles. The van der Waals surface area contributed by atoms with E-state index in [0.717, 1.165) is 16.7 Å². The van der Waals surface area contributed by atoms with Crippen LogP contribution in [0.15, 0.2) is 180 Å². The fourth-order valence-corrected chi connectivity index (χ4v) is 4.04. The smallest absolute Gasteiger partial charge is 0.791 e. The van der Waals surface area contributed by atoms with Gasteiger partial charge in [0.2, 0.25) is 0 Å². The molecule has 0 saturated carbocycles. The van der Waals surface area contributed by atoms with E-state index in [1.54, 1.807) is 55.0 Å². The van der Waals surface area contributed by atoms with Crippen molar-refractivity contribution in [3.05, 3.63) is 214 Å². The van der Waals surface area contributed by atoms with Crippen LogP contribution in [0.25, 0.3) is 0 Å². The molecular weight excluding hydrogens is 705 g/mol. The number of aromatic nitrogens is 3. The minimum Gasteiger partial charge on any atom is -0.791 e. The summed E-state index contributed by atoms with van der Waals surface area (Å²) in [7, 11) is 0. The van der Waals surface area contributed by atoms with E-state index in [-0.39, 0.29) is 41.7 Å². The summed E-state index contributed by atoms with van der Waals surface area (Å²) in [5.74, 6) is 0. The first-order chi connectivity index (χ1) is 22.2. The average Bonchev–Trinajstić information content (AvgIpc) is 3.13. The molecule has 0 bridgehead atoms. The van der Waals surface area contributed by atoms with E-state index in [4.69, 9.17) is 0 Å². The molecule has 0 amide bonds. The Morgan fingerprint density at radius 3 is 0.783 bits per heavy atom. The molecule has 223 valence electrons. The van der Waals surface area contributed by atoms with E-state index in [1.165, 1.54) is 0 Å². The van der Waals surface area contributed by atoms with Gasteiger partial charge in [-0.15, -0.1) is 0 Å². The largest absolute Gasteiger partial charge is 3.00 e. The van der Waals surface area contributed by atoms with Gasteiger partial charge in [-0.1, -0.05) is 109 Å². The third kappa shape index (κ3) is 10.5. The number of hydrogen-bond donors (Lipinski definition) is 0. The molecule has 0 aliphatic heterocycles. The number of benzene rings is 3. The predicted octanol–water partition coefficient (Wildman–Crippen LogP) is 7.25. The molecule has 0 aliphatic carbocycles. The van der Waals surface area contributed by atoms with Crippen LogP contribution in [-0.4, -0.2) is 32.1 Å². The molecule has 0 atom stereocenters. The average molecular weight is 732 g/mol. The maximum Gasteiger partial charge on any atom is 3.00 e. The number of hydrogen-bond acceptors (Lipinski definition) is 9. The van der Waals surface area contributed by atoms with Gasteiger partial charge in [-0.05, 0) is 36.4 Å². The molecule has 1 radical (unpaired) electrons. The monoisotopic (exact) mass is 731 g/mol. The van der Waals surface area contributed by atoms with Crippen molar-refractivity contribution >= 4 is 17.1 Å². The Morgan fingerprint density at radius 1 is 0.348 bits per heavy atom. The summed E-state index contributed by atoms with van der Waals surface area (Å²) < 4.78 is 0. The fourth-order valence-electron chi connectivity index (χ4n) is 4.04. The van der Waals surface area contributed by atoms with E-state index in [9.17, 15) is 15.6 Å². The van der Waals surface area contributed by atoms with Crippen LogP contribution in [0.3, 0.4) is 0 Å². The Labute approximate surface area is 300 Å². The Hall–Kier alpha value is -5.10. The first-order valence-corrected chi connectivity index (χ1v) is 13.8. The van der Waals surface area contributed by atoms with Gasteiger partial charge in [0.15, 0.2) is 0 Å². The second kappa shape index (κ2) is 20.0. The normalized spacial score (nSPS) is 11.1. The summed E-state index contributed by atoms with van der Waals surface area (Å²) in [5, 5.41) is 41.4. The van der Waals surface area contributed by atoms with Crippen LogP contribution >= 0.6 is 0 Å². The van der Waals surface area contributed by atoms with E-state index >= 15 is 0 Å². The third-order valence-corrected chi connectivity index (χ3v) is 6.14. The SMILES string of the molecule is [Ce+3].[O-]N=C(c1ccccc1)c1ccccn1.[O-]N=C(c1ccccc1)c1ccccn1.[O-]N=C(c1ccccc1)c1ccccn1. The zero-order valence-electron chi connectivity index (χ0n) is 24.5. The van der Waals surface area contributed by atoms with Crippen LogP contribution in [0.2, 0.25) is 0 Å². The molecule has 0 aliphatic rings. The summed E-state index contributed by atoms with van der Waals surface area (Å²) in [6.45, 7) is 0. The third-order valence-electron chi connectivity index (χ3n) is 6.14. The molecule has 46 heavy (non-hydrogen) atoms. The molecule has 0 spiro atoms. The van der Waals surface area contributed by atoms with Gasteiger partial charge < -0.3 is 31.1 Å². The second-order valence-corrected chi connectivity index (χ2v) is 9.06. The summed E-state index contributed by atoms with van der Waals surface area (Å²) >= 11 is 0. The number of pyridine rings is 3. The van der Waals surface area contributed by atoms with Crippen molar-refractivity contribution < 1.29 is 41.7 Å². The van der Waals surface area contributed by atoms with E-state index in [2.05, 4.69) is 30.4 Å². The number of nitrogens with zero attached hydrogens (tertiary/aromatic N) is 6. The first kappa shape index (κ1) is 35.4. The van der Waals surface area contributed by atoms with Crippen molar-refractivity contribution in [2.45, 2.75) is 0 Å². The molecule has 9 nitrogen and oxygen atoms in total. The van der Waals surface area contributed by atoms with Crippen molar-refractivity contribution in [1.29, 1.82) is 0 Å². The molecule has 0 N–H and O–H groups in total. The molecule has 0 unspecified atom stereocenters. The molecule has 0 saturated heterocycles. The maximum absolute atomic E-state index is 10.8. The van der Waals surface area contributed by atoms with E-state index in [1.807, 2.05) is 109 Å². The van der Waals surface area contributed by atoms with Crippen molar-refractivity contribution in [3.63, 3.8) is 0 Å².